The number of likely N-dealkylation sites (tertiary alicyclic amines) is 1. The molecule has 1 aromatic rings. The van der Waals surface area contributed by atoms with Gasteiger partial charge in [-0.1, -0.05) is 12.1 Å². The third-order valence-electron chi connectivity index (χ3n) is 5.23. The molecule has 1 atom stereocenters. The smallest absolute Gasteiger partial charge is 0.255 e. The Morgan fingerprint density at radius 1 is 1.29 bits per heavy atom. The molecule has 0 bridgehead atoms. The molecule has 3 rings (SSSR count). The Morgan fingerprint density at radius 2 is 2.07 bits per heavy atom. The summed E-state index contributed by atoms with van der Waals surface area (Å²) in [5.74, 6) is 0.152. The van der Waals surface area contributed by atoms with Crippen molar-refractivity contribution in [1.29, 1.82) is 0 Å². The Morgan fingerprint density at radius 3 is 2.86 bits per heavy atom. The van der Waals surface area contributed by atoms with E-state index in [2.05, 4.69) is 10.6 Å². The van der Waals surface area contributed by atoms with Gasteiger partial charge in [0.05, 0.1) is 18.7 Å². The Hall–Kier alpha value is -2.61. The van der Waals surface area contributed by atoms with Crippen LogP contribution in [-0.4, -0.2) is 79.9 Å². The third-order valence-corrected chi connectivity index (χ3v) is 5.23. The number of fused-ring (bicyclic) bond motifs is 1. The molecule has 1 fully saturated rings. The number of hydrogen-bond donors (Lipinski definition) is 2. The van der Waals surface area contributed by atoms with Crippen LogP contribution in [0.1, 0.15) is 29.6 Å². The quantitative estimate of drug-likeness (QED) is 0.754. The van der Waals surface area contributed by atoms with Gasteiger partial charge in [-0.2, -0.15) is 0 Å². The van der Waals surface area contributed by atoms with E-state index < -0.39 is 5.60 Å². The summed E-state index contributed by atoms with van der Waals surface area (Å²) < 4.78 is 6.26. The largest absolute Gasteiger partial charge is 0.485 e. The van der Waals surface area contributed by atoms with Gasteiger partial charge in [0, 0.05) is 32.5 Å². The van der Waals surface area contributed by atoms with Gasteiger partial charge in [0.1, 0.15) is 11.4 Å². The number of benzene rings is 1. The highest BCUT2D eigenvalue weighted by Crippen LogP contribution is 2.33. The van der Waals surface area contributed by atoms with Crippen molar-refractivity contribution in [2.75, 3.05) is 46.8 Å². The number of amides is 3. The van der Waals surface area contributed by atoms with Crippen molar-refractivity contribution in [1.82, 2.24) is 20.4 Å². The van der Waals surface area contributed by atoms with Crippen molar-refractivity contribution in [3.8, 4) is 5.75 Å². The fourth-order valence-electron chi connectivity index (χ4n) is 3.52. The second kappa shape index (κ2) is 8.60. The molecule has 1 aromatic carbocycles. The highest BCUT2D eigenvalue weighted by atomic mass is 16.5. The molecule has 8 nitrogen and oxygen atoms in total. The van der Waals surface area contributed by atoms with Crippen LogP contribution >= 0.6 is 0 Å². The fraction of sp³-hybridized carbons (Fsp3) is 0.550. The number of rotatable bonds is 5. The number of likely N-dealkylation sites (N-methyl/N-ethyl adjacent to an activating group) is 1. The molecule has 0 aromatic heterocycles. The average Bonchev–Trinajstić information content (AvgIpc) is 2.90. The summed E-state index contributed by atoms with van der Waals surface area (Å²) in [7, 11) is 3.88. The van der Waals surface area contributed by atoms with E-state index in [9.17, 15) is 14.4 Å². The van der Waals surface area contributed by atoms with Crippen LogP contribution in [0.3, 0.4) is 0 Å². The van der Waals surface area contributed by atoms with Crippen LogP contribution < -0.4 is 15.4 Å². The summed E-state index contributed by atoms with van der Waals surface area (Å²) in [5.41, 5.74) is -0.138. The molecule has 1 spiro atoms. The molecule has 152 valence electrons. The molecule has 28 heavy (non-hydrogen) atoms. The van der Waals surface area contributed by atoms with E-state index >= 15 is 0 Å². The summed E-state index contributed by atoms with van der Waals surface area (Å²) in [6.45, 7) is 2.10. The third kappa shape index (κ3) is 4.81. The second-order valence-corrected chi connectivity index (χ2v) is 7.68. The summed E-state index contributed by atoms with van der Waals surface area (Å²) in [6, 6.07) is 7.14. The molecule has 0 saturated carbocycles. The van der Waals surface area contributed by atoms with E-state index in [-0.39, 0.29) is 30.7 Å². The first-order valence-corrected chi connectivity index (χ1v) is 9.64. The average molecular weight is 388 g/mol. The van der Waals surface area contributed by atoms with Gasteiger partial charge in [0.25, 0.3) is 5.91 Å². The molecule has 1 unspecified atom stereocenters. The minimum Gasteiger partial charge on any atom is -0.485 e. The number of para-hydroxylation sites is 1. The normalized spacial score (nSPS) is 22.2. The van der Waals surface area contributed by atoms with Crippen LogP contribution in [0.15, 0.2) is 24.3 Å². The van der Waals surface area contributed by atoms with E-state index in [1.807, 2.05) is 25.1 Å². The molecule has 3 amide bonds. The second-order valence-electron chi connectivity index (χ2n) is 7.68. The molecule has 1 saturated heterocycles. The monoisotopic (exact) mass is 388 g/mol. The summed E-state index contributed by atoms with van der Waals surface area (Å²) in [4.78, 5) is 40.6. The first-order valence-electron chi connectivity index (χ1n) is 9.64. The van der Waals surface area contributed by atoms with Crippen LogP contribution in [0.4, 0.5) is 0 Å². The minimum absolute atomic E-state index is 0.0469. The van der Waals surface area contributed by atoms with Crippen molar-refractivity contribution in [2.45, 2.75) is 24.9 Å². The van der Waals surface area contributed by atoms with E-state index in [0.29, 0.717) is 43.8 Å². The van der Waals surface area contributed by atoms with Crippen LogP contribution in [-0.2, 0) is 9.59 Å². The van der Waals surface area contributed by atoms with Crippen LogP contribution in [0.2, 0.25) is 0 Å². The molecule has 0 aliphatic carbocycles. The van der Waals surface area contributed by atoms with Crippen molar-refractivity contribution < 1.29 is 19.1 Å². The Labute approximate surface area is 165 Å². The molecule has 2 N–H and O–H groups in total. The maximum absolute atomic E-state index is 12.5. The highest BCUT2D eigenvalue weighted by Gasteiger charge is 2.40. The number of nitrogens with one attached hydrogen (secondary N) is 2. The number of ether oxygens (including phenoxy) is 1. The van der Waals surface area contributed by atoms with Gasteiger partial charge in [0.15, 0.2) is 0 Å². The highest BCUT2D eigenvalue weighted by molar-refractivity contribution is 5.97. The number of nitrogens with zero attached hydrogens (tertiary/aromatic N) is 2. The van der Waals surface area contributed by atoms with E-state index in [1.165, 1.54) is 0 Å². The molecule has 8 heteroatoms. The standard InChI is InChI=1S/C20H28N4O4/c1-23(2)12-10-21-17(25)13-24-11-9-20(8-7-18(24)26)14-22-19(27)15-5-3-4-6-16(15)28-20/h3-6H,7-14H2,1-2H3,(H,21,25)(H,22,27). The lowest BCUT2D eigenvalue weighted by Gasteiger charge is -2.32. The summed E-state index contributed by atoms with van der Waals surface area (Å²) in [6.07, 6.45) is 1.33. The lowest BCUT2D eigenvalue weighted by molar-refractivity contribution is -0.135. The topological polar surface area (TPSA) is 91.0 Å². The van der Waals surface area contributed by atoms with Gasteiger partial charge in [-0.3, -0.25) is 14.4 Å². The summed E-state index contributed by atoms with van der Waals surface area (Å²) >= 11 is 0. The van der Waals surface area contributed by atoms with Gasteiger partial charge in [0.2, 0.25) is 11.8 Å². The zero-order chi connectivity index (χ0) is 20.1. The van der Waals surface area contributed by atoms with Crippen molar-refractivity contribution in [3.63, 3.8) is 0 Å². The molecule has 2 heterocycles. The minimum atomic E-state index is -0.645. The molecule has 0 radical (unpaired) electrons. The SMILES string of the molecule is CN(C)CCNC(=O)CN1CCC2(CCC1=O)CNC(=O)c1ccccc1O2. The Bertz CT molecular complexity index is 751. The molecule has 2 aliphatic heterocycles. The zero-order valence-corrected chi connectivity index (χ0v) is 16.5. The van der Waals surface area contributed by atoms with Gasteiger partial charge in [-0.25, -0.2) is 0 Å². The van der Waals surface area contributed by atoms with Gasteiger partial charge >= 0.3 is 0 Å². The molecular weight excluding hydrogens is 360 g/mol. The fourth-order valence-corrected chi connectivity index (χ4v) is 3.52. The number of carbonyl (C=O) groups excluding carboxylic acids is 3. The number of hydrogen-bond acceptors (Lipinski definition) is 5. The van der Waals surface area contributed by atoms with Crippen LogP contribution in [0.25, 0.3) is 0 Å². The van der Waals surface area contributed by atoms with Gasteiger partial charge in [-0.15, -0.1) is 0 Å². The molecule has 2 aliphatic rings. The Kier molecular flexibility index (Phi) is 6.18. The lowest BCUT2D eigenvalue weighted by atomic mass is 9.94. The zero-order valence-electron chi connectivity index (χ0n) is 16.5. The van der Waals surface area contributed by atoms with Gasteiger partial charge < -0.3 is 25.2 Å². The van der Waals surface area contributed by atoms with Gasteiger partial charge in [-0.05, 0) is 32.6 Å². The van der Waals surface area contributed by atoms with Crippen LogP contribution in [0, 0.1) is 0 Å². The number of carbonyl (C=O) groups is 3. The predicted octanol–water partition coefficient (Wildman–Crippen LogP) is 0.238. The maximum atomic E-state index is 12.5. The Balaban J connectivity index is 1.64. The predicted molar refractivity (Wildman–Crippen MR) is 104 cm³/mol. The van der Waals surface area contributed by atoms with E-state index in [4.69, 9.17) is 4.74 Å². The first-order chi connectivity index (χ1) is 13.4. The molecular formula is C20H28N4O4. The van der Waals surface area contributed by atoms with Crippen LogP contribution in [0.5, 0.6) is 5.75 Å². The van der Waals surface area contributed by atoms with Crippen molar-refractivity contribution in [3.05, 3.63) is 29.8 Å². The lowest BCUT2D eigenvalue weighted by Crippen LogP contribution is -2.46. The first kappa shape index (κ1) is 20.1. The van der Waals surface area contributed by atoms with Crippen molar-refractivity contribution >= 4 is 17.7 Å². The van der Waals surface area contributed by atoms with E-state index in [0.717, 1.165) is 6.54 Å². The van der Waals surface area contributed by atoms with Crippen molar-refractivity contribution in [2.24, 2.45) is 0 Å². The summed E-state index contributed by atoms with van der Waals surface area (Å²) in [5, 5.41) is 5.76. The maximum Gasteiger partial charge on any atom is 0.255 e. The van der Waals surface area contributed by atoms with E-state index in [1.54, 1.807) is 23.1 Å².